The topological polar surface area (TPSA) is 112 Å². The summed E-state index contributed by atoms with van der Waals surface area (Å²) in [6, 6.07) is 13.9. The Balaban J connectivity index is 1.45. The fourth-order valence-corrected chi connectivity index (χ4v) is 4.47. The number of esters is 1. The second-order valence-corrected chi connectivity index (χ2v) is 9.79. The van der Waals surface area contributed by atoms with Gasteiger partial charge in [0.2, 0.25) is 11.9 Å². The molecule has 4 heterocycles. The Hall–Kier alpha value is -4.38. The number of carbonyl (C=O) groups excluding carboxylic acids is 1. The minimum absolute atomic E-state index is 0.0310. The number of pyridine rings is 1. The molecule has 5 rings (SSSR count). The molecule has 0 aliphatic heterocycles. The summed E-state index contributed by atoms with van der Waals surface area (Å²) >= 11 is 6.05. The first kappa shape index (κ1) is 27.2. The zero-order valence-corrected chi connectivity index (χ0v) is 22.8. The fourth-order valence-electron chi connectivity index (χ4n) is 4.35. The van der Waals surface area contributed by atoms with Gasteiger partial charge in [0, 0.05) is 41.9 Å². The molecule has 4 aromatic heterocycles. The molecular formula is C28H28ClFN8O2. The van der Waals surface area contributed by atoms with Crippen molar-refractivity contribution in [2.75, 3.05) is 11.9 Å². The van der Waals surface area contributed by atoms with Crippen molar-refractivity contribution >= 4 is 35.0 Å². The molecule has 0 aliphatic carbocycles. The van der Waals surface area contributed by atoms with Crippen molar-refractivity contribution in [2.24, 2.45) is 7.05 Å². The minimum Gasteiger partial charge on any atom is -0.466 e. The molecule has 0 bridgehead atoms. The first-order valence-corrected chi connectivity index (χ1v) is 13.3. The van der Waals surface area contributed by atoms with Crippen LogP contribution in [0.25, 0.3) is 16.9 Å². The zero-order valence-electron chi connectivity index (χ0n) is 22.1. The van der Waals surface area contributed by atoms with Crippen molar-refractivity contribution in [3.05, 3.63) is 83.3 Å². The van der Waals surface area contributed by atoms with Crippen molar-refractivity contribution in [2.45, 2.75) is 38.5 Å². The first-order valence-electron chi connectivity index (χ1n) is 12.9. The molecule has 0 spiro atoms. The number of hydrogen-bond donors (Lipinski definition) is 1. The smallest absolute Gasteiger partial charge is 0.306 e. The van der Waals surface area contributed by atoms with E-state index in [0.29, 0.717) is 52.5 Å². The van der Waals surface area contributed by atoms with Gasteiger partial charge in [0.1, 0.15) is 11.6 Å². The van der Waals surface area contributed by atoms with Crippen LogP contribution in [0.5, 0.6) is 0 Å². The highest BCUT2D eigenvalue weighted by molar-refractivity contribution is 6.30. The van der Waals surface area contributed by atoms with Gasteiger partial charge >= 0.3 is 5.97 Å². The van der Waals surface area contributed by atoms with E-state index in [9.17, 15) is 4.79 Å². The zero-order chi connectivity index (χ0) is 28.1. The van der Waals surface area contributed by atoms with Crippen molar-refractivity contribution in [3.8, 4) is 11.3 Å². The minimum atomic E-state index is -0.576. The number of halogens is 2. The van der Waals surface area contributed by atoms with E-state index in [0.717, 1.165) is 18.4 Å². The van der Waals surface area contributed by atoms with Crippen LogP contribution in [0.15, 0.2) is 60.9 Å². The van der Waals surface area contributed by atoms with Gasteiger partial charge in [0.25, 0.3) is 0 Å². The van der Waals surface area contributed by atoms with Gasteiger partial charge in [-0.1, -0.05) is 37.1 Å². The van der Waals surface area contributed by atoms with Crippen molar-refractivity contribution in [1.82, 2.24) is 34.3 Å². The van der Waals surface area contributed by atoms with Crippen LogP contribution in [0, 0.1) is 5.95 Å². The van der Waals surface area contributed by atoms with Crippen LogP contribution in [-0.4, -0.2) is 46.9 Å². The average Bonchev–Trinajstić information content (AvgIpc) is 3.56. The van der Waals surface area contributed by atoms with Crippen LogP contribution in [0.1, 0.15) is 43.5 Å². The van der Waals surface area contributed by atoms with Crippen LogP contribution in [0.2, 0.25) is 5.02 Å². The Morgan fingerprint density at radius 1 is 1.12 bits per heavy atom. The maximum Gasteiger partial charge on any atom is 0.306 e. The van der Waals surface area contributed by atoms with Gasteiger partial charge in [0.15, 0.2) is 5.65 Å². The maximum atomic E-state index is 15.7. The number of hydrogen-bond acceptors (Lipinski definition) is 8. The number of rotatable bonds is 11. The SMILES string of the molecule is CCCCOC(=O)CC(Cc1ccc(Cl)cc1)c1nnc2cc(-c3ccnc(Nc4ccnn4C)n3)cc(F)n12. The van der Waals surface area contributed by atoms with Gasteiger partial charge in [-0.3, -0.25) is 13.9 Å². The monoisotopic (exact) mass is 562 g/mol. The molecule has 40 heavy (non-hydrogen) atoms. The Kier molecular flexibility index (Phi) is 8.30. The second kappa shape index (κ2) is 12.2. The third kappa shape index (κ3) is 6.26. The molecule has 1 aromatic carbocycles. The predicted octanol–water partition coefficient (Wildman–Crippen LogP) is 5.52. The summed E-state index contributed by atoms with van der Waals surface area (Å²) in [6.07, 6.45) is 5.40. The first-order chi connectivity index (χ1) is 19.4. The van der Waals surface area contributed by atoms with E-state index >= 15 is 4.39 Å². The van der Waals surface area contributed by atoms with E-state index in [4.69, 9.17) is 16.3 Å². The molecule has 1 atom stereocenters. The summed E-state index contributed by atoms with van der Waals surface area (Å²) in [7, 11) is 1.80. The molecule has 0 aliphatic rings. The molecule has 0 saturated carbocycles. The number of fused-ring (bicyclic) bond motifs is 1. The molecule has 0 amide bonds. The summed E-state index contributed by atoms with van der Waals surface area (Å²) in [5.41, 5.74) is 2.24. The number of anilines is 2. The largest absolute Gasteiger partial charge is 0.466 e. The number of aryl methyl sites for hydroxylation is 1. The number of nitrogens with zero attached hydrogens (tertiary/aromatic N) is 7. The number of unbranched alkanes of at least 4 members (excludes halogenated alkanes) is 1. The summed E-state index contributed by atoms with van der Waals surface area (Å²) in [5, 5.41) is 16.4. The summed E-state index contributed by atoms with van der Waals surface area (Å²) in [6.45, 7) is 2.37. The van der Waals surface area contributed by atoms with Crippen LogP contribution in [-0.2, 0) is 23.0 Å². The van der Waals surface area contributed by atoms with E-state index < -0.39 is 11.9 Å². The van der Waals surface area contributed by atoms with Gasteiger partial charge in [0.05, 0.1) is 24.9 Å². The lowest BCUT2D eigenvalue weighted by Gasteiger charge is -2.16. The molecule has 10 nitrogen and oxygen atoms in total. The number of aromatic nitrogens is 7. The van der Waals surface area contributed by atoms with Gasteiger partial charge in [-0.15, -0.1) is 10.2 Å². The Morgan fingerprint density at radius 2 is 1.95 bits per heavy atom. The van der Waals surface area contributed by atoms with Gasteiger partial charge in [-0.25, -0.2) is 9.97 Å². The molecule has 1 unspecified atom stereocenters. The van der Waals surface area contributed by atoms with E-state index in [1.807, 2.05) is 19.1 Å². The van der Waals surface area contributed by atoms with Crippen molar-refractivity contribution in [1.29, 1.82) is 0 Å². The molecule has 0 saturated heterocycles. The average molecular weight is 563 g/mol. The lowest BCUT2D eigenvalue weighted by atomic mass is 9.95. The van der Waals surface area contributed by atoms with Crippen LogP contribution in [0.4, 0.5) is 16.2 Å². The van der Waals surface area contributed by atoms with Crippen LogP contribution in [0.3, 0.4) is 0 Å². The molecule has 12 heteroatoms. The molecule has 1 N–H and O–H groups in total. The second-order valence-electron chi connectivity index (χ2n) is 9.35. The third-order valence-corrected chi connectivity index (χ3v) is 6.68. The fraction of sp³-hybridized carbons (Fsp3) is 0.286. The molecule has 5 aromatic rings. The van der Waals surface area contributed by atoms with E-state index in [-0.39, 0.29) is 12.4 Å². The number of benzene rings is 1. The third-order valence-electron chi connectivity index (χ3n) is 6.43. The number of ether oxygens (including phenoxy) is 1. The van der Waals surface area contributed by atoms with Crippen molar-refractivity contribution < 1.29 is 13.9 Å². The van der Waals surface area contributed by atoms with Gasteiger partial charge < -0.3 is 10.1 Å². The Bertz CT molecular complexity index is 1620. The molecule has 0 fully saturated rings. The van der Waals surface area contributed by atoms with E-state index in [1.54, 1.807) is 54.5 Å². The van der Waals surface area contributed by atoms with Gasteiger partial charge in [-0.2, -0.15) is 9.49 Å². The quantitative estimate of drug-likeness (QED) is 0.127. The van der Waals surface area contributed by atoms with E-state index in [1.165, 1.54) is 10.5 Å². The molecular weight excluding hydrogens is 535 g/mol. The summed E-state index contributed by atoms with van der Waals surface area (Å²) in [5.74, 6) is -0.0283. The predicted molar refractivity (Wildman–Crippen MR) is 149 cm³/mol. The van der Waals surface area contributed by atoms with Crippen LogP contribution < -0.4 is 5.32 Å². The highest BCUT2D eigenvalue weighted by atomic mass is 35.5. The molecule has 0 radical (unpaired) electrons. The lowest BCUT2D eigenvalue weighted by Crippen LogP contribution is -2.16. The standard InChI is InChI=1S/C28H28ClFN8O2/c1-3-4-13-40-26(39)17-20(14-18-5-7-21(29)8-6-18)27-36-35-25-16-19(15-23(30)38(25)27)22-9-11-31-28(33-22)34-24-10-12-32-37(24)2/h5-12,15-16,20H,3-4,13-14,17H2,1-2H3,(H,31,33,34). The maximum absolute atomic E-state index is 15.7. The summed E-state index contributed by atoms with van der Waals surface area (Å²) in [4.78, 5) is 21.5. The normalized spacial score (nSPS) is 12.0. The van der Waals surface area contributed by atoms with Gasteiger partial charge in [-0.05, 0) is 42.7 Å². The highest BCUT2D eigenvalue weighted by Gasteiger charge is 2.25. The van der Waals surface area contributed by atoms with E-state index in [2.05, 4.69) is 30.6 Å². The summed E-state index contributed by atoms with van der Waals surface area (Å²) < 4.78 is 24.1. The number of carbonyl (C=O) groups is 1. The Morgan fingerprint density at radius 3 is 2.70 bits per heavy atom. The molecule has 206 valence electrons. The lowest BCUT2D eigenvalue weighted by molar-refractivity contribution is -0.144. The van der Waals surface area contributed by atoms with Crippen LogP contribution >= 0.6 is 11.6 Å². The Labute approximate surface area is 235 Å². The highest BCUT2D eigenvalue weighted by Crippen LogP contribution is 2.28. The van der Waals surface area contributed by atoms with Crippen molar-refractivity contribution in [3.63, 3.8) is 0 Å². The number of nitrogens with one attached hydrogen (secondary N) is 1.